The zero-order chi connectivity index (χ0) is 14.5. The summed E-state index contributed by atoms with van der Waals surface area (Å²) in [6.07, 6.45) is 1.19. The molecule has 1 aromatic carbocycles. The molecule has 1 N–H and O–H groups in total. The highest BCUT2D eigenvalue weighted by molar-refractivity contribution is 5.60. The quantitative estimate of drug-likeness (QED) is 0.909. The summed E-state index contributed by atoms with van der Waals surface area (Å²) in [5.41, 5.74) is 2.73. The Morgan fingerprint density at radius 3 is 2.65 bits per heavy atom. The summed E-state index contributed by atoms with van der Waals surface area (Å²) in [6.45, 7) is 2.42. The van der Waals surface area contributed by atoms with Crippen LogP contribution in [0, 0.1) is 0 Å². The summed E-state index contributed by atoms with van der Waals surface area (Å²) < 4.78 is 5.35. The monoisotopic (exact) mass is 272 g/mol. The van der Waals surface area contributed by atoms with Gasteiger partial charge in [-0.05, 0) is 31.2 Å². The van der Waals surface area contributed by atoms with Gasteiger partial charge in [0.15, 0.2) is 0 Å². The molecule has 106 valence electrons. The second kappa shape index (κ2) is 6.39. The molecule has 0 saturated heterocycles. The third-order valence-corrected chi connectivity index (χ3v) is 3.22. The average molecular weight is 272 g/mol. The third-order valence-electron chi connectivity index (χ3n) is 3.22. The van der Waals surface area contributed by atoms with Crippen LogP contribution < -0.4 is 9.64 Å². The fourth-order valence-electron chi connectivity index (χ4n) is 2.28. The molecule has 0 aliphatic heterocycles. The molecule has 1 heterocycles. The van der Waals surface area contributed by atoms with Gasteiger partial charge in [0, 0.05) is 24.5 Å². The van der Waals surface area contributed by atoms with Gasteiger partial charge in [-0.25, -0.2) is 0 Å². The van der Waals surface area contributed by atoms with Gasteiger partial charge >= 0.3 is 0 Å². The molecule has 1 unspecified atom stereocenters. The first-order valence-electron chi connectivity index (χ1n) is 6.59. The van der Waals surface area contributed by atoms with Crippen LogP contribution in [0.4, 0.5) is 5.69 Å². The summed E-state index contributed by atoms with van der Waals surface area (Å²) in [5.74, 6) is 0.699. The van der Waals surface area contributed by atoms with Crippen LogP contribution in [0.1, 0.15) is 24.3 Å². The molecule has 0 aliphatic rings. The first-order chi connectivity index (χ1) is 9.63. The van der Waals surface area contributed by atoms with E-state index in [4.69, 9.17) is 4.74 Å². The van der Waals surface area contributed by atoms with Crippen LogP contribution in [0.2, 0.25) is 0 Å². The van der Waals surface area contributed by atoms with Crippen LogP contribution in [0.25, 0.3) is 0 Å². The lowest BCUT2D eigenvalue weighted by Gasteiger charge is -2.24. The predicted octanol–water partition coefficient (Wildman–Crippen LogP) is 2.78. The number of aromatic nitrogens is 1. The van der Waals surface area contributed by atoms with E-state index in [0.717, 1.165) is 16.9 Å². The Bertz CT molecular complexity index is 556. The topological polar surface area (TPSA) is 45.6 Å². The maximum absolute atomic E-state index is 10.0. The molecule has 0 fully saturated rings. The molecule has 0 amide bonds. The van der Waals surface area contributed by atoms with Gasteiger partial charge in [-0.3, -0.25) is 4.98 Å². The van der Waals surface area contributed by atoms with Crippen molar-refractivity contribution in [1.29, 1.82) is 0 Å². The second-order valence-corrected chi connectivity index (χ2v) is 4.75. The van der Waals surface area contributed by atoms with E-state index in [-0.39, 0.29) is 0 Å². The van der Waals surface area contributed by atoms with Gasteiger partial charge in [0.1, 0.15) is 5.75 Å². The number of aliphatic hydroxyl groups is 1. The van der Waals surface area contributed by atoms with E-state index < -0.39 is 6.10 Å². The van der Waals surface area contributed by atoms with Crippen molar-refractivity contribution >= 4 is 5.69 Å². The highest BCUT2D eigenvalue weighted by Crippen LogP contribution is 2.34. The highest BCUT2D eigenvalue weighted by atomic mass is 16.5. The van der Waals surface area contributed by atoms with Crippen LogP contribution in [-0.2, 0) is 6.54 Å². The van der Waals surface area contributed by atoms with Gasteiger partial charge in [-0.15, -0.1) is 0 Å². The lowest BCUT2D eigenvalue weighted by Crippen LogP contribution is -2.19. The number of anilines is 1. The van der Waals surface area contributed by atoms with Crippen LogP contribution in [-0.4, -0.2) is 24.2 Å². The van der Waals surface area contributed by atoms with Gasteiger partial charge in [-0.1, -0.05) is 12.1 Å². The van der Waals surface area contributed by atoms with Crippen LogP contribution >= 0.6 is 0 Å². The Labute approximate surface area is 119 Å². The van der Waals surface area contributed by atoms with Gasteiger partial charge in [0.25, 0.3) is 0 Å². The lowest BCUT2D eigenvalue weighted by atomic mass is 10.1. The summed E-state index contributed by atoms with van der Waals surface area (Å²) in [6, 6.07) is 11.6. The van der Waals surface area contributed by atoms with Gasteiger partial charge in [-0.2, -0.15) is 0 Å². The number of aliphatic hydroxyl groups excluding tert-OH is 1. The number of benzene rings is 1. The van der Waals surface area contributed by atoms with E-state index in [1.165, 1.54) is 0 Å². The van der Waals surface area contributed by atoms with Crippen molar-refractivity contribution in [2.24, 2.45) is 0 Å². The SMILES string of the molecule is COc1cccc(N(C)Cc2ccccn2)c1C(C)O. The van der Waals surface area contributed by atoms with Crippen molar-refractivity contribution in [3.8, 4) is 5.75 Å². The molecule has 0 aliphatic carbocycles. The van der Waals surface area contributed by atoms with Crippen molar-refractivity contribution in [3.05, 3.63) is 53.9 Å². The number of methoxy groups -OCH3 is 1. The van der Waals surface area contributed by atoms with Crippen molar-refractivity contribution in [2.45, 2.75) is 19.6 Å². The van der Waals surface area contributed by atoms with E-state index >= 15 is 0 Å². The van der Waals surface area contributed by atoms with E-state index in [1.54, 1.807) is 20.2 Å². The summed E-state index contributed by atoms with van der Waals surface area (Å²) in [5, 5.41) is 10.0. The second-order valence-electron chi connectivity index (χ2n) is 4.75. The summed E-state index contributed by atoms with van der Waals surface area (Å²) in [4.78, 5) is 6.39. The van der Waals surface area contributed by atoms with Crippen LogP contribution in [0.5, 0.6) is 5.75 Å². The largest absolute Gasteiger partial charge is 0.496 e. The average Bonchev–Trinajstić information content (AvgIpc) is 2.47. The van der Waals surface area contributed by atoms with Crippen molar-refractivity contribution in [3.63, 3.8) is 0 Å². The normalized spacial score (nSPS) is 12.0. The molecular formula is C16H20N2O2. The Kier molecular flexibility index (Phi) is 4.58. The Morgan fingerprint density at radius 2 is 2.05 bits per heavy atom. The zero-order valence-corrected chi connectivity index (χ0v) is 12.1. The number of ether oxygens (including phenoxy) is 1. The summed E-state index contributed by atoms with van der Waals surface area (Å²) >= 11 is 0. The Hall–Kier alpha value is -2.07. The number of hydrogen-bond donors (Lipinski definition) is 1. The molecule has 0 radical (unpaired) electrons. The van der Waals surface area contributed by atoms with Crippen molar-refractivity contribution < 1.29 is 9.84 Å². The van der Waals surface area contributed by atoms with E-state index in [2.05, 4.69) is 9.88 Å². The number of nitrogens with zero attached hydrogens (tertiary/aromatic N) is 2. The molecule has 0 saturated carbocycles. The number of hydrogen-bond acceptors (Lipinski definition) is 4. The molecule has 1 atom stereocenters. The van der Waals surface area contributed by atoms with E-state index in [9.17, 15) is 5.11 Å². The van der Waals surface area contributed by atoms with Crippen molar-refractivity contribution in [1.82, 2.24) is 4.98 Å². The molecular weight excluding hydrogens is 252 g/mol. The number of rotatable bonds is 5. The minimum atomic E-state index is -0.590. The smallest absolute Gasteiger partial charge is 0.126 e. The maximum Gasteiger partial charge on any atom is 0.126 e. The zero-order valence-electron chi connectivity index (χ0n) is 12.1. The number of pyridine rings is 1. The standard InChI is InChI=1S/C16H20N2O2/c1-12(19)16-14(8-6-9-15(16)20-3)18(2)11-13-7-4-5-10-17-13/h4-10,12,19H,11H2,1-3H3. The maximum atomic E-state index is 10.0. The van der Waals surface area contributed by atoms with E-state index in [1.807, 2.05) is 43.4 Å². The molecule has 2 rings (SSSR count). The van der Waals surface area contributed by atoms with Crippen molar-refractivity contribution in [2.75, 3.05) is 19.1 Å². The third kappa shape index (κ3) is 3.08. The minimum absolute atomic E-state index is 0.590. The first-order valence-corrected chi connectivity index (χ1v) is 6.59. The minimum Gasteiger partial charge on any atom is -0.496 e. The molecule has 4 heteroatoms. The Morgan fingerprint density at radius 1 is 1.25 bits per heavy atom. The van der Waals surface area contributed by atoms with Gasteiger partial charge < -0.3 is 14.7 Å². The fraction of sp³-hybridized carbons (Fsp3) is 0.312. The molecule has 0 bridgehead atoms. The predicted molar refractivity (Wildman–Crippen MR) is 80.0 cm³/mol. The van der Waals surface area contributed by atoms with Gasteiger partial charge in [0.2, 0.25) is 0 Å². The first kappa shape index (κ1) is 14.3. The van der Waals surface area contributed by atoms with Crippen LogP contribution in [0.3, 0.4) is 0 Å². The Balaban J connectivity index is 2.32. The van der Waals surface area contributed by atoms with E-state index in [0.29, 0.717) is 12.3 Å². The lowest BCUT2D eigenvalue weighted by molar-refractivity contribution is 0.194. The molecule has 20 heavy (non-hydrogen) atoms. The fourth-order valence-corrected chi connectivity index (χ4v) is 2.28. The molecule has 2 aromatic rings. The van der Waals surface area contributed by atoms with Crippen LogP contribution in [0.15, 0.2) is 42.6 Å². The summed E-state index contributed by atoms with van der Waals surface area (Å²) in [7, 11) is 3.60. The van der Waals surface area contributed by atoms with Gasteiger partial charge in [0.05, 0.1) is 25.5 Å². The molecule has 4 nitrogen and oxygen atoms in total. The molecule has 1 aromatic heterocycles. The molecule has 0 spiro atoms. The highest BCUT2D eigenvalue weighted by Gasteiger charge is 2.17.